The van der Waals surface area contributed by atoms with Crippen molar-refractivity contribution in [2.45, 2.75) is 46.5 Å². The van der Waals surface area contributed by atoms with Gasteiger partial charge in [-0.3, -0.25) is 14.4 Å². The molecular formula is C26H28N2O3. The fourth-order valence-electron chi connectivity index (χ4n) is 4.72. The van der Waals surface area contributed by atoms with Gasteiger partial charge in [-0.1, -0.05) is 55.8 Å². The molecule has 1 fully saturated rings. The van der Waals surface area contributed by atoms with Crippen LogP contribution >= 0.6 is 0 Å². The number of imide groups is 1. The number of amides is 3. The average Bonchev–Trinajstić information content (AvgIpc) is 3.03. The van der Waals surface area contributed by atoms with E-state index >= 15 is 0 Å². The molecule has 0 saturated carbocycles. The Morgan fingerprint density at radius 3 is 2.29 bits per heavy atom. The Bertz CT molecular complexity index is 1060. The number of rotatable bonds is 5. The SMILES string of the molecule is CCc1cccc(CC)c1NC(=O)c1ccccc1N1C(=O)[C@H]2CC=C(C)C[C@@H]2C1=O. The Hall–Kier alpha value is -3.21. The molecule has 160 valence electrons. The average molecular weight is 417 g/mol. The molecule has 1 aliphatic carbocycles. The summed E-state index contributed by atoms with van der Waals surface area (Å²) >= 11 is 0. The summed E-state index contributed by atoms with van der Waals surface area (Å²) in [6, 6.07) is 12.9. The van der Waals surface area contributed by atoms with Crippen molar-refractivity contribution in [2.24, 2.45) is 11.8 Å². The maximum Gasteiger partial charge on any atom is 0.257 e. The highest BCUT2D eigenvalue weighted by Crippen LogP contribution is 2.40. The van der Waals surface area contributed by atoms with E-state index in [1.165, 1.54) is 4.90 Å². The number of nitrogens with one attached hydrogen (secondary N) is 1. The summed E-state index contributed by atoms with van der Waals surface area (Å²) in [6.45, 7) is 6.10. The minimum atomic E-state index is -0.333. The predicted octanol–water partition coefficient (Wildman–Crippen LogP) is 4.91. The number of allylic oxidation sites excluding steroid dienone is 2. The third-order valence-corrected chi connectivity index (χ3v) is 6.45. The van der Waals surface area contributed by atoms with Crippen molar-refractivity contribution in [3.8, 4) is 0 Å². The maximum atomic E-state index is 13.3. The number of hydrogen-bond donors (Lipinski definition) is 1. The number of benzene rings is 2. The van der Waals surface area contributed by atoms with Gasteiger partial charge >= 0.3 is 0 Å². The van der Waals surface area contributed by atoms with Crippen LogP contribution in [0.2, 0.25) is 0 Å². The molecule has 4 rings (SSSR count). The summed E-state index contributed by atoms with van der Waals surface area (Å²) in [4.78, 5) is 40.9. The van der Waals surface area contributed by atoms with Crippen LogP contribution in [-0.4, -0.2) is 17.7 Å². The van der Waals surface area contributed by atoms with Crippen LogP contribution in [0.15, 0.2) is 54.1 Å². The van der Waals surface area contributed by atoms with E-state index in [-0.39, 0.29) is 29.6 Å². The van der Waals surface area contributed by atoms with E-state index in [0.29, 0.717) is 24.1 Å². The number of hydrogen-bond acceptors (Lipinski definition) is 3. The highest BCUT2D eigenvalue weighted by atomic mass is 16.2. The summed E-state index contributed by atoms with van der Waals surface area (Å²) in [5.74, 6) is -1.38. The van der Waals surface area contributed by atoms with E-state index < -0.39 is 0 Å². The normalized spacial score (nSPS) is 20.5. The van der Waals surface area contributed by atoms with Crippen molar-refractivity contribution in [2.75, 3.05) is 10.2 Å². The van der Waals surface area contributed by atoms with Crippen LogP contribution in [0.4, 0.5) is 11.4 Å². The minimum Gasteiger partial charge on any atom is -0.321 e. The Morgan fingerprint density at radius 2 is 1.61 bits per heavy atom. The van der Waals surface area contributed by atoms with Gasteiger partial charge in [0.1, 0.15) is 0 Å². The lowest BCUT2D eigenvalue weighted by Gasteiger charge is -2.20. The molecule has 2 atom stereocenters. The molecule has 1 saturated heterocycles. The van der Waals surface area contributed by atoms with Gasteiger partial charge in [0, 0.05) is 5.69 Å². The summed E-state index contributed by atoms with van der Waals surface area (Å²) in [6.07, 6.45) is 4.82. The van der Waals surface area contributed by atoms with Gasteiger partial charge in [-0.2, -0.15) is 0 Å². The minimum absolute atomic E-state index is 0.203. The molecule has 3 amide bonds. The van der Waals surface area contributed by atoms with Crippen LogP contribution in [0.5, 0.6) is 0 Å². The van der Waals surface area contributed by atoms with Crippen molar-refractivity contribution in [3.05, 3.63) is 70.8 Å². The first-order valence-corrected chi connectivity index (χ1v) is 11.0. The molecule has 1 heterocycles. The first-order chi connectivity index (χ1) is 15.0. The maximum absolute atomic E-state index is 13.3. The molecule has 0 bridgehead atoms. The van der Waals surface area contributed by atoms with E-state index in [1.54, 1.807) is 24.3 Å². The Balaban J connectivity index is 1.69. The molecule has 5 heteroatoms. The fourth-order valence-corrected chi connectivity index (χ4v) is 4.72. The summed E-state index contributed by atoms with van der Waals surface area (Å²) in [5.41, 5.74) is 4.78. The van der Waals surface area contributed by atoms with Gasteiger partial charge in [-0.15, -0.1) is 0 Å². The highest BCUT2D eigenvalue weighted by molar-refractivity contribution is 6.25. The Kier molecular flexibility index (Phi) is 5.77. The quantitative estimate of drug-likeness (QED) is 0.556. The van der Waals surface area contributed by atoms with Gasteiger partial charge in [0.05, 0.1) is 23.1 Å². The molecule has 2 aromatic rings. The van der Waals surface area contributed by atoms with Gasteiger partial charge in [-0.05, 0) is 55.9 Å². The monoisotopic (exact) mass is 416 g/mol. The van der Waals surface area contributed by atoms with Gasteiger partial charge in [0.2, 0.25) is 11.8 Å². The third kappa shape index (κ3) is 3.69. The summed E-state index contributed by atoms with van der Waals surface area (Å²) in [5, 5.41) is 3.06. The number of fused-ring (bicyclic) bond motifs is 1. The number of carbonyl (C=O) groups is 3. The number of para-hydroxylation sites is 2. The van der Waals surface area contributed by atoms with Crippen LogP contribution in [0.1, 0.15) is 55.1 Å². The van der Waals surface area contributed by atoms with Gasteiger partial charge < -0.3 is 5.32 Å². The van der Waals surface area contributed by atoms with E-state index in [2.05, 4.69) is 19.2 Å². The van der Waals surface area contributed by atoms with E-state index in [0.717, 1.165) is 35.2 Å². The van der Waals surface area contributed by atoms with E-state index in [4.69, 9.17) is 0 Å². The van der Waals surface area contributed by atoms with Crippen LogP contribution in [0.25, 0.3) is 0 Å². The zero-order chi connectivity index (χ0) is 22.1. The number of aryl methyl sites for hydroxylation is 2. The molecule has 5 nitrogen and oxygen atoms in total. The zero-order valence-corrected chi connectivity index (χ0v) is 18.3. The molecule has 1 N–H and O–H groups in total. The summed E-state index contributed by atoms with van der Waals surface area (Å²) < 4.78 is 0. The van der Waals surface area contributed by atoms with E-state index in [1.807, 2.05) is 31.2 Å². The predicted molar refractivity (Wildman–Crippen MR) is 122 cm³/mol. The molecule has 0 spiro atoms. The molecule has 31 heavy (non-hydrogen) atoms. The smallest absolute Gasteiger partial charge is 0.257 e. The lowest BCUT2D eigenvalue weighted by atomic mass is 9.82. The first-order valence-electron chi connectivity index (χ1n) is 11.0. The zero-order valence-electron chi connectivity index (χ0n) is 18.3. The fraction of sp³-hybridized carbons (Fsp3) is 0.346. The Morgan fingerprint density at radius 1 is 0.968 bits per heavy atom. The standard InChI is InChI=1S/C26H28N2O3/c1-4-17-9-8-10-18(5-2)23(17)27-24(29)20-11-6-7-12-22(20)28-25(30)19-14-13-16(3)15-21(19)26(28)31/h6-13,19,21H,4-5,14-15H2,1-3H3,(H,27,29)/t19-,21-/m0/s1. The molecule has 2 aliphatic rings. The van der Waals surface area contributed by atoms with Crippen molar-refractivity contribution in [1.29, 1.82) is 0 Å². The van der Waals surface area contributed by atoms with Crippen LogP contribution in [0.3, 0.4) is 0 Å². The molecule has 2 aromatic carbocycles. The molecule has 0 aromatic heterocycles. The van der Waals surface area contributed by atoms with Crippen LogP contribution in [-0.2, 0) is 22.4 Å². The van der Waals surface area contributed by atoms with Crippen molar-refractivity contribution >= 4 is 29.1 Å². The second-order valence-corrected chi connectivity index (χ2v) is 8.34. The van der Waals surface area contributed by atoms with Gasteiger partial charge in [0.25, 0.3) is 5.91 Å². The summed E-state index contributed by atoms with van der Waals surface area (Å²) in [7, 11) is 0. The largest absolute Gasteiger partial charge is 0.321 e. The second kappa shape index (κ2) is 8.50. The highest BCUT2D eigenvalue weighted by Gasteiger charge is 2.49. The van der Waals surface area contributed by atoms with Crippen molar-refractivity contribution < 1.29 is 14.4 Å². The van der Waals surface area contributed by atoms with Gasteiger partial charge in [-0.25, -0.2) is 4.90 Å². The molecular weight excluding hydrogens is 388 g/mol. The second-order valence-electron chi connectivity index (χ2n) is 8.34. The molecule has 0 radical (unpaired) electrons. The lowest BCUT2D eigenvalue weighted by Crippen LogP contribution is -2.33. The Labute approximate surface area is 183 Å². The third-order valence-electron chi connectivity index (χ3n) is 6.45. The van der Waals surface area contributed by atoms with Crippen molar-refractivity contribution in [1.82, 2.24) is 0 Å². The lowest BCUT2D eigenvalue weighted by molar-refractivity contribution is -0.122. The van der Waals surface area contributed by atoms with E-state index in [9.17, 15) is 14.4 Å². The molecule has 1 aliphatic heterocycles. The van der Waals surface area contributed by atoms with Crippen molar-refractivity contribution in [3.63, 3.8) is 0 Å². The first kappa shape index (κ1) is 21.0. The van der Waals surface area contributed by atoms with Gasteiger partial charge in [0.15, 0.2) is 0 Å². The molecule has 0 unspecified atom stereocenters. The topological polar surface area (TPSA) is 66.5 Å². The number of anilines is 2. The number of nitrogens with zero attached hydrogens (tertiary/aromatic N) is 1. The number of carbonyl (C=O) groups excluding carboxylic acids is 3. The van der Waals surface area contributed by atoms with Crippen LogP contribution in [0, 0.1) is 11.8 Å². The van der Waals surface area contributed by atoms with Crippen LogP contribution < -0.4 is 10.2 Å².